The Bertz CT molecular complexity index is 705. The predicted octanol–water partition coefficient (Wildman–Crippen LogP) is 3.58. The maximum Gasteiger partial charge on any atom is 0.253 e. The molecule has 0 spiro atoms. The highest BCUT2D eigenvalue weighted by atomic mass is 19.1. The highest BCUT2D eigenvalue weighted by molar-refractivity contribution is 5.94. The van der Waals surface area contributed by atoms with Crippen molar-refractivity contribution < 1.29 is 13.9 Å². The van der Waals surface area contributed by atoms with E-state index in [1.54, 1.807) is 0 Å². The summed E-state index contributed by atoms with van der Waals surface area (Å²) in [6, 6.07) is 13.8. The average Bonchev–Trinajstić information content (AvgIpc) is 2.62. The molecule has 1 aliphatic heterocycles. The molecule has 2 aromatic rings. The third-order valence-electron chi connectivity index (χ3n) is 4.23. The number of benzene rings is 2. The van der Waals surface area contributed by atoms with Crippen LogP contribution in [0.1, 0.15) is 24.2 Å². The van der Waals surface area contributed by atoms with Gasteiger partial charge in [-0.05, 0) is 62.4 Å². The predicted molar refractivity (Wildman–Crippen MR) is 96.7 cm³/mol. The summed E-state index contributed by atoms with van der Waals surface area (Å²) in [7, 11) is 0. The molecular formula is C20H23FN2O2. The lowest BCUT2D eigenvalue weighted by Gasteiger charge is -2.36. The molecule has 0 aliphatic carbocycles. The second-order valence-corrected chi connectivity index (χ2v) is 6.45. The van der Waals surface area contributed by atoms with Gasteiger partial charge in [0.1, 0.15) is 11.6 Å². The summed E-state index contributed by atoms with van der Waals surface area (Å²) in [5, 5.41) is 0. The summed E-state index contributed by atoms with van der Waals surface area (Å²) < 4.78 is 18.7. The van der Waals surface area contributed by atoms with Crippen LogP contribution in [0.5, 0.6) is 5.75 Å². The van der Waals surface area contributed by atoms with Gasteiger partial charge in [0.2, 0.25) is 0 Å². The van der Waals surface area contributed by atoms with Crippen LogP contribution < -0.4 is 9.64 Å². The van der Waals surface area contributed by atoms with Crippen molar-refractivity contribution in [1.29, 1.82) is 0 Å². The lowest BCUT2D eigenvalue weighted by molar-refractivity contribution is 0.0746. The van der Waals surface area contributed by atoms with E-state index in [9.17, 15) is 9.18 Å². The Labute approximate surface area is 147 Å². The van der Waals surface area contributed by atoms with Crippen LogP contribution in [0, 0.1) is 5.82 Å². The number of amides is 1. The zero-order chi connectivity index (χ0) is 17.8. The van der Waals surface area contributed by atoms with Gasteiger partial charge in [-0.1, -0.05) is 0 Å². The van der Waals surface area contributed by atoms with E-state index in [2.05, 4.69) is 17.0 Å². The minimum absolute atomic E-state index is 0.0414. The molecule has 1 fully saturated rings. The number of ether oxygens (including phenoxy) is 1. The van der Waals surface area contributed by atoms with Gasteiger partial charge in [-0.25, -0.2) is 4.39 Å². The standard InChI is InChI=1S/C20H23FN2O2/c1-15(2)25-19-9-7-18(8-10-19)22-11-13-23(14-12-22)20(24)16-3-5-17(21)6-4-16/h3-10,15H,11-14H2,1-2H3. The van der Waals surface area contributed by atoms with Crippen LogP contribution in [0.15, 0.2) is 48.5 Å². The number of halogens is 1. The first-order chi connectivity index (χ1) is 12.0. The van der Waals surface area contributed by atoms with E-state index in [1.807, 2.05) is 30.9 Å². The minimum Gasteiger partial charge on any atom is -0.491 e. The van der Waals surface area contributed by atoms with Crippen molar-refractivity contribution in [2.45, 2.75) is 20.0 Å². The Kier molecular flexibility index (Phi) is 5.22. The molecule has 1 aliphatic rings. The van der Waals surface area contributed by atoms with Crippen molar-refractivity contribution in [2.75, 3.05) is 31.1 Å². The number of piperazine rings is 1. The molecule has 1 heterocycles. The summed E-state index contributed by atoms with van der Waals surface area (Å²) in [6.45, 7) is 6.87. The van der Waals surface area contributed by atoms with Gasteiger partial charge in [-0.15, -0.1) is 0 Å². The molecule has 0 unspecified atom stereocenters. The number of carbonyl (C=O) groups is 1. The summed E-state index contributed by atoms with van der Waals surface area (Å²) in [5.74, 6) is 0.496. The quantitative estimate of drug-likeness (QED) is 0.851. The first kappa shape index (κ1) is 17.3. The van der Waals surface area contributed by atoms with Crippen LogP contribution in [0.4, 0.5) is 10.1 Å². The second-order valence-electron chi connectivity index (χ2n) is 6.45. The van der Waals surface area contributed by atoms with Gasteiger partial charge >= 0.3 is 0 Å². The van der Waals surface area contributed by atoms with E-state index in [0.29, 0.717) is 18.7 Å². The summed E-state index contributed by atoms with van der Waals surface area (Å²) >= 11 is 0. The summed E-state index contributed by atoms with van der Waals surface area (Å²) in [4.78, 5) is 16.5. The monoisotopic (exact) mass is 342 g/mol. The molecule has 0 bridgehead atoms. The zero-order valence-corrected chi connectivity index (χ0v) is 14.6. The van der Waals surface area contributed by atoms with E-state index < -0.39 is 0 Å². The van der Waals surface area contributed by atoms with E-state index in [1.165, 1.54) is 24.3 Å². The zero-order valence-electron chi connectivity index (χ0n) is 14.6. The normalized spacial score (nSPS) is 14.7. The van der Waals surface area contributed by atoms with Crippen LogP contribution in [0.2, 0.25) is 0 Å². The van der Waals surface area contributed by atoms with Gasteiger partial charge in [0.15, 0.2) is 0 Å². The van der Waals surface area contributed by atoms with Crippen LogP contribution in [-0.4, -0.2) is 43.1 Å². The maximum absolute atomic E-state index is 13.0. The van der Waals surface area contributed by atoms with Crippen molar-refractivity contribution in [3.8, 4) is 5.75 Å². The number of nitrogens with zero attached hydrogens (tertiary/aromatic N) is 2. The van der Waals surface area contributed by atoms with Crippen LogP contribution in [-0.2, 0) is 0 Å². The molecule has 1 amide bonds. The molecule has 0 aromatic heterocycles. The fraction of sp³-hybridized carbons (Fsp3) is 0.350. The molecule has 5 heteroatoms. The number of hydrogen-bond acceptors (Lipinski definition) is 3. The molecule has 0 N–H and O–H groups in total. The second kappa shape index (κ2) is 7.55. The highest BCUT2D eigenvalue weighted by Gasteiger charge is 2.22. The molecule has 0 radical (unpaired) electrons. The molecular weight excluding hydrogens is 319 g/mol. The molecule has 132 valence electrons. The number of hydrogen-bond donors (Lipinski definition) is 0. The fourth-order valence-electron chi connectivity index (χ4n) is 2.95. The van der Waals surface area contributed by atoms with Gasteiger partial charge in [0.05, 0.1) is 6.10 Å². The van der Waals surface area contributed by atoms with Gasteiger partial charge in [0, 0.05) is 37.4 Å². The van der Waals surface area contributed by atoms with Gasteiger partial charge in [0.25, 0.3) is 5.91 Å². The van der Waals surface area contributed by atoms with Gasteiger partial charge < -0.3 is 14.5 Å². The fourth-order valence-corrected chi connectivity index (χ4v) is 2.95. The van der Waals surface area contributed by atoms with Crippen molar-refractivity contribution in [2.24, 2.45) is 0 Å². The van der Waals surface area contributed by atoms with Crippen LogP contribution in [0.3, 0.4) is 0 Å². The number of carbonyl (C=O) groups excluding carboxylic acids is 1. The van der Waals surface area contributed by atoms with Crippen LogP contribution >= 0.6 is 0 Å². The summed E-state index contributed by atoms with van der Waals surface area (Å²) in [6.07, 6.45) is 0.159. The Morgan fingerprint density at radius 2 is 1.56 bits per heavy atom. The maximum atomic E-state index is 13.0. The molecule has 1 saturated heterocycles. The summed E-state index contributed by atoms with van der Waals surface area (Å²) in [5.41, 5.74) is 1.66. The third-order valence-corrected chi connectivity index (χ3v) is 4.23. The topological polar surface area (TPSA) is 32.8 Å². The Morgan fingerprint density at radius 3 is 2.12 bits per heavy atom. The molecule has 2 aromatic carbocycles. The lowest BCUT2D eigenvalue weighted by atomic mass is 10.1. The smallest absolute Gasteiger partial charge is 0.253 e. The largest absolute Gasteiger partial charge is 0.491 e. The average molecular weight is 342 g/mol. The lowest BCUT2D eigenvalue weighted by Crippen LogP contribution is -2.48. The molecule has 0 saturated carbocycles. The molecule has 0 atom stereocenters. The van der Waals surface area contributed by atoms with E-state index in [0.717, 1.165) is 24.5 Å². The number of rotatable bonds is 4. The minimum atomic E-state index is -0.328. The Hall–Kier alpha value is -2.56. The van der Waals surface area contributed by atoms with Crippen molar-refractivity contribution in [3.63, 3.8) is 0 Å². The van der Waals surface area contributed by atoms with Gasteiger partial charge in [-0.3, -0.25) is 4.79 Å². The first-order valence-corrected chi connectivity index (χ1v) is 8.59. The van der Waals surface area contributed by atoms with E-state index in [4.69, 9.17) is 4.74 Å². The first-order valence-electron chi connectivity index (χ1n) is 8.59. The Morgan fingerprint density at radius 1 is 0.960 bits per heavy atom. The third kappa shape index (κ3) is 4.29. The van der Waals surface area contributed by atoms with Crippen molar-refractivity contribution in [1.82, 2.24) is 4.90 Å². The van der Waals surface area contributed by atoms with E-state index >= 15 is 0 Å². The van der Waals surface area contributed by atoms with Crippen molar-refractivity contribution in [3.05, 3.63) is 59.9 Å². The molecule has 4 nitrogen and oxygen atoms in total. The van der Waals surface area contributed by atoms with Crippen LogP contribution in [0.25, 0.3) is 0 Å². The number of anilines is 1. The highest BCUT2D eigenvalue weighted by Crippen LogP contribution is 2.22. The van der Waals surface area contributed by atoms with E-state index in [-0.39, 0.29) is 17.8 Å². The van der Waals surface area contributed by atoms with Gasteiger partial charge in [-0.2, -0.15) is 0 Å². The Balaban J connectivity index is 1.58. The van der Waals surface area contributed by atoms with Crippen molar-refractivity contribution >= 4 is 11.6 Å². The SMILES string of the molecule is CC(C)Oc1ccc(N2CCN(C(=O)c3ccc(F)cc3)CC2)cc1. The molecule has 3 rings (SSSR count). The molecule has 25 heavy (non-hydrogen) atoms.